The second-order valence-electron chi connectivity index (χ2n) is 7.97. The maximum Gasteiger partial charge on any atom is 0.0103 e. The largest absolute Gasteiger partial charge is 0.311 e. The van der Waals surface area contributed by atoms with Crippen molar-refractivity contribution in [3.05, 3.63) is 0 Å². The Hall–Kier alpha value is -0.0400. The predicted octanol–water partition coefficient (Wildman–Crippen LogP) is 4.51. The topological polar surface area (TPSA) is 12.0 Å². The van der Waals surface area contributed by atoms with Gasteiger partial charge in [0.15, 0.2) is 0 Å². The summed E-state index contributed by atoms with van der Waals surface area (Å²) in [6, 6.07) is 1.78. The fourth-order valence-electron chi connectivity index (χ4n) is 6.19. The van der Waals surface area contributed by atoms with Crippen LogP contribution in [0.2, 0.25) is 0 Å². The van der Waals surface area contributed by atoms with E-state index in [4.69, 9.17) is 0 Å². The van der Waals surface area contributed by atoms with Crippen molar-refractivity contribution in [3.8, 4) is 0 Å². The summed E-state index contributed by atoms with van der Waals surface area (Å²) in [6.07, 6.45) is 18.1. The van der Waals surface area contributed by atoms with Crippen molar-refractivity contribution < 1.29 is 0 Å². The van der Waals surface area contributed by atoms with E-state index in [-0.39, 0.29) is 0 Å². The van der Waals surface area contributed by atoms with Crippen LogP contribution in [0.4, 0.5) is 0 Å². The summed E-state index contributed by atoms with van der Waals surface area (Å²) in [5.41, 5.74) is 0. The predicted molar refractivity (Wildman–Crippen MR) is 80.1 cm³/mol. The standard InChI is InChI=1S/C18H31N/c1-2-4-7-14(8-5-3-1)19-18-12-13-11-17(18)16-10-6-9-15(13)16/h13-19H,1-12H2. The molecule has 0 aromatic heterocycles. The first-order valence-corrected chi connectivity index (χ1v) is 9.18. The molecule has 0 saturated heterocycles. The van der Waals surface area contributed by atoms with Crippen LogP contribution in [0.25, 0.3) is 0 Å². The highest BCUT2D eigenvalue weighted by Crippen LogP contribution is 2.58. The molecular formula is C18H31N. The molecule has 0 amide bonds. The van der Waals surface area contributed by atoms with Crippen LogP contribution in [0.3, 0.4) is 0 Å². The van der Waals surface area contributed by atoms with E-state index < -0.39 is 0 Å². The highest BCUT2D eigenvalue weighted by Gasteiger charge is 2.53. The van der Waals surface area contributed by atoms with Crippen molar-refractivity contribution in [1.82, 2.24) is 5.32 Å². The molecule has 4 saturated carbocycles. The lowest BCUT2D eigenvalue weighted by molar-refractivity contribution is 0.190. The van der Waals surface area contributed by atoms with Crippen LogP contribution in [-0.2, 0) is 0 Å². The second-order valence-corrected chi connectivity index (χ2v) is 7.97. The molecule has 0 aromatic rings. The average molecular weight is 261 g/mol. The first-order valence-electron chi connectivity index (χ1n) is 9.18. The summed E-state index contributed by atoms with van der Waals surface area (Å²) in [6.45, 7) is 0. The van der Waals surface area contributed by atoms with Crippen molar-refractivity contribution in [2.45, 2.75) is 89.1 Å². The fraction of sp³-hybridized carbons (Fsp3) is 1.00. The Morgan fingerprint density at radius 2 is 1.32 bits per heavy atom. The van der Waals surface area contributed by atoms with E-state index in [0.717, 1.165) is 35.8 Å². The zero-order valence-electron chi connectivity index (χ0n) is 12.4. The zero-order valence-corrected chi connectivity index (χ0v) is 12.4. The van der Waals surface area contributed by atoms with Crippen LogP contribution in [0.15, 0.2) is 0 Å². The quantitative estimate of drug-likeness (QED) is 0.771. The minimum Gasteiger partial charge on any atom is -0.311 e. The van der Waals surface area contributed by atoms with E-state index in [1.54, 1.807) is 25.7 Å². The summed E-state index contributed by atoms with van der Waals surface area (Å²) in [5.74, 6) is 4.47. The molecule has 0 aromatic carbocycles. The van der Waals surface area contributed by atoms with Gasteiger partial charge in [0.05, 0.1) is 0 Å². The summed E-state index contributed by atoms with van der Waals surface area (Å²) >= 11 is 0. The molecule has 0 heterocycles. The molecule has 4 aliphatic rings. The summed E-state index contributed by atoms with van der Waals surface area (Å²) < 4.78 is 0. The van der Waals surface area contributed by atoms with Crippen molar-refractivity contribution >= 4 is 0 Å². The molecule has 108 valence electrons. The first-order chi connectivity index (χ1) is 9.42. The molecule has 4 aliphatic carbocycles. The van der Waals surface area contributed by atoms with Gasteiger partial charge in [-0.3, -0.25) is 0 Å². The van der Waals surface area contributed by atoms with E-state index in [1.807, 2.05) is 0 Å². The molecule has 1 N–H and O–H groups in total. The zero-order chi connectivity index (χ0) is 12.7. The summed E-state index contributed by atoms with van der Waals surface area (Å²) in [5, 5.41) is 4.13. The molecule has 5 atom stereocenters. The van der Waals surface area contributed by atoms with Crippen molar-refractivity contribution in [2.75, 3.05) is 0 Å². The molecule has 1 nitrogen and oxygen atoms in total. The lowest BCUT2D eigenvalue weighted by atomic mass is 9.78. The minimum absolute atomic E-state index is 0.865. The third kappa shape index (κ3) is 2.37. The smallest absolute Gasteiger partial charge is 0.0103 e. The van der Waals surface area contributed by atoms with Gasteiger partial charge in [0.25, 0.3) is 0 Å². The van der Waals surface area contributed by atoms with E-state index in [2.05, 4.69) is 5.32 Å². The molecule has 4 fully saturated rings. The number of rotatable bonds is 2. The molecule has 0 radical (unpaired) electrons. The van der Waals surface area contributed by atoms with Gasteiger partial charge in [-0.2, -0.15) is 0 Å². The Morgan fingerprint density at radius 1 is 0.579 bits per heavy atom. The Morgan fingerprint density at radius 3 is 2.16 bits per heavy atom. The van der Waals surface area contributed by atoms with Crippen LogP contribution < -0.4 is 5.32 Å². The molecular weight excluding hydrogens is 230 g/mol. The van der Waals surface area contributed by atoms with Crippen LogP contribution in [0.5, 0.6) is 0 Å². The fourth-order valence-corrected chi connectivity index (χ4v) is 6.19. The van der Waals surface area contributed by atoms with Crippen molar-refractivity contribution in [1.29, 1.82) is 0 Å². The lowest BCUT2D eigenvalue weighted by Crippen LogP contribution is -2.44. The molecule has 1 heteroatoms. The Kier molecular flexibility index (Phi) is 3.60. The highest BCUT2D eigenvalue weighted by atomic mass is 15.0. The number of hydrogen-bond donors (Lipinski definition) is 1. The van der Waals surface area contributed by atoms with Crippen molar-refractivity contribution in [3.63, 3.8) is 0 Å². The SMILES string of the molecule is C1CCCC(NC2CC3CC2C2CCCC32)CCC1. The second kappa shape index (κ2) is 5.39. The van der Waals surface area contributed by atoms with Gasteiger partial charge in [0, 0.05) is 12.1 Å². The minimum atomic E-state index is 0.865. The molecule has 0 spiro atoms. The van der Waals surface area contributed by atoms with Gasteiger partial charge in [-0.15, -0.1) is 0 Å². The summed E-state index contributed by atoms with van der Waals surface area (Å²) in [7, 11) is 0. The number of hydrogen-bond acceptors (Lipinski definition) is 1. The van der Waals surface area contributed by atoms with Gasteiger partial charge in [-0.05, 0) is 62.2 Å². The maximum atomic E-state index is 4.13. The normalized spacial score (nSPS) is 47.1. The number of nitrogens with one attached hydrogen (secondary N) is 1. The van der Waals surface area contributed by atoms with E-state index >= 15 is 0 Å². The van der Waals surface area contributed by atoms with Gasteiger partial charge in [-0.25, -0.2) is 0 Å². The van der Waals surface area contributed by atoms with Gasteiger partial charge in [-0.1, -0.05) is 38.5 Å². The third-order valence-electron chi connectivity index (χ3n) is 6.98. The lowest BCUT2D eigenvalue weighted by Gasteiger charge is -2.35. The molecule has 4 rings (SSSR count). The van der Waals surface area contributed by atoms with Gasteiger partial charge >= 0.3 is 0 Å². The van der Waals surface area contributed by atoms with Gasteiger partial charge < -0.3 is 5.32 Å². The monoisotopic (exact) mass is 261 g/mol. The van der Waals surface area contributed by atoms with E-state index in [9.17, 15) is 0 Å². The molecule has 5 unspecified atom stereocenters. The molecule has 0 aliphatic heterocycles. The van der Waals surface area contributed by atoms with Crippen LogP contribution in [-0.4, -0.2) is 12.1 Å². The maximum absolute atomic E-state index is 4.13. The van der Waals surface area contributed by atoms with E-state index in [1.165, 1.54) is 51.4 Å². The molecule has 19 heavy (non-hydrogen) atoms. The van der Waals surface area contributed by atoms with Crippen LogP contribution in [0, 0.1) is 23.7 Å². The van der Waals surface area contributed by atoms with E-state index in [0.29, 0.717) is 0 Å². The van der Waals surface area contributed by atoms with Crippen LogP contribution >= 0.6 is 0 Å². The average Bonchev–Trinajstić information content (AvgIpc) is 3.03. The Balaban J connectivity index is 1.36. The third-order valence-corrected chi connectivity index (χ3v) is 6.98. The van der Waals surface area contributed by atoms with Crippen LogP contribution in [0.1, 0.15) is 77.0 Å². The number of fused-ring (bicyclic) bond motifs is 5. The first kappa shape index (κ1) is 12.7. The van der Waals surface area contributed by atoms with Crippen molar-refractivity contribution in [2.24, 2.45) is 23.7 Å². The highest BCUT2D eigenvalue weighted by molar-refractivity contribution is 5.06. The van der Waals surface area contributed by atoms with Gasteiger partial charge in [0.1, 0.15) is 0 Å². The summed E-state index contributed by atoms with van der Waals surface area (Å²) in [4.78, 5) is 0. The molecule has 2 bridgehead atoms. The Labute approximate surface area is 118 Å². The Bertz CT molecular complexity index is 305. The van der Waals surface area contributed by atoms with Gasteiger partial charge in [0.2, 0.25) is 0 Å².